The molecule has 5 amide bonds. The normalized spacial score (nSPS) is 21.2. The van der Waals surface area contributed by atoms with E-state index in [-0.39, 0.29) is 52.6 Å². The molecule has 6 heterocycles. The largest absolute Gasteiger partial charge is 0.378 e. The number of carbonyl (C=O) groups is 5. The van der Waals surface area contributed by atoms with Crippen LogP contribution in [-0.2, 0) is 25.5 Å². The van der Waals surface area contributed by atoms with Gasteiger partial charge in [0.05, 0.1) is 49.0 Å². The zero-order chi connectivity index (χ0) is 51.8. The van der Waals surface area contributed by atoms with Gasteiger partial charge in [-0.2, -0.15) is 5.10 Å². The molecule has 4 aromatic rings. The lowest BCUT2D eigenvalue weighted by atomic mass is 9.83. The van der Waals surface area contributed by atoms with Crippen molar-refractivity contribution in [3.05, 3.63) is 111 Å². The smallest absolute Gasteiger partial charge is 0.272 e. The lowest BCUT2D eigenvalue weighted by molar-refractivity contribution is -0.137. The lowest BCUT2D eigenvalue weighted by Gasteiger charge is -2.41. The molecule has 0 spiro atoms. The maximum Gasteiger partial charge on any atom is 0.272 e. The van der Waals surface area contributed by atoms with Crippen LogP contribution < -0.4 is 16.2 Å². The fourth-order valence-electron chi connectivity index (χ4n) is 12.2. The van der Waals surface area contributed by atoms with E-state index in [1.165, 1.54) is 6.07 Å². The summed E-state index contributed by atoms with van der Waals surface area (Å²) in [5.41, 5.74) is 2.61. The fourth-order valence-corrected chi connectivity index (χ4v) is 12.2. The van der Waals surface area contributed by atoms with E-state index < -0.39 is 17.8 Å². The summed E-state index contributed by atoms with van der Waals surface area (Å²) in [6.45, 7) is 10.1. The molecule has 3 N–H and O–H groups in total. The Morgan fingerprint density at radius 1 is 0.707 bits per heavy atom. The fraction of sp³-hybridized carbons (Fsp3) is 0.561. The summed E-state index contributed by atoms with van der Waals surface area (Å²) in [6.07, 6.45) is 9.23. The van der Waals surface area contributed by atoms with Crippen molar-refractivity contribution in [2.24, 2.45) is 11.8 Å². The second-order valence-electron chi connectivity index (χ2n) is 21.8. The standard InChI is InChI=1S/C57H73FN10O7/c58-49-16-15-40(31-50-46-13-4-5-14-47(46)55(72)62-61-50)30-48(49)56(73)66-28-26-65(27-29-66)52(70)36-63-20-17-39(18-21-63)34-64-22-24-67(25-23-64)57(74)53(41-8-2-1-3-9-41)60-54(71)43-11-6-10-42(32-43)44-12-7-19-68(35-44)51(69)33-59-45-37-75-38-45/h4-6,10-11,13-16,30,32,39,41,44-45,53,59H,1-3,7-9,12,17-29,31,33-38H2,(H,60,71)(H,62,72). The lowest BCUT2D eigenvalue weighted by Crippen LogP contribution is -2.57. The molecule has 18 heteroatoms. The molecule has 2 unspecified atom stereocenters. The second-order valence-corrected chi connectivity index (χ2v) is 21.8. The van der Waals surface area contributed by atoms with Gasteiger partial charge >= 0.3 is 0 Å². The van der Waals surface area contributed by atoms with Gasteiger partial charge in [0.1, 0.15) is 11.9 Å². The van der Waals surface area contributed by atoms with Crippen molar-refractivity contribution < 1.29 is 33.1 Å². The highest BCUT2D eigenvalue weighted by atomic mass is 19.1. The van der Waals surface area contributed by atoms with Gasteiger partial charge in [-0.25, -0.2) is 9.49 Å². The molecule has 3 aromatic carbocycles. The number of aromatic amines is 1. The number of nitrogens with one attached hydrogen (secondary N) is 3. The number of hydrogen-bond donors (Lipinski definition) is 3. The maximum absolute atomic E-state index is 15.1. The molecule has 1 aromatic heterocycles. The molecule has 400 valence electrons. The molecule has 6 fully saturated rings. The number of amides is 5. The molecule has 10 rings (SSSR count). The van der Waals surface area contributed by atoms with Crippen molar-refractivity contribution in [3.8, 4) is 0 Å². The van der Waals surface area contributed by atoms with Crippen LogP contribution in [0.4, 0.5) is 4.39 Å². The predicted molar refractivity (Wildman–Crippen MR) is 282 cm³/mol. The molecule has 75 heavy (non-hydrogen) atoms. The molecule has 2 atom stereocenters. The molecule has 5 saturated heterocycles. The SMILES string of the molecule is O=C(NC(C(=O)N1CCN(CC2CCN(CC(=O)N3CCN(C(=O)c4cc(Cc5n[nH]c(=O)c6ccccc56)ccc4F)CC3)CC2)CC1)C1CCCCC1)c1cccc(C2CCCN(C(=O)CNC3COC3)C2)c1. The molecule has 1 saturated carbocycles. The van der Waals surface area contributed by atoms with Crippen LogP contribution in [0.3, 0.4) is 0 Å². The van der Waals surface area contributed by atoms with E-state index >= 15 is 4.39 Å². The number of hydrogen-bond acceptors (Lipinski definition) is 11. The number of halogens is 1. The van der Waals surface area contributed by atoms with Crippen LogP contribution in [0.1, 0.15) is 101 Å². The van der Waals surface area contributed by atoms with Crippen LogP contribution in [0.2, 0.25) is 0 Å². The summed E-state index contributed by atoms with van der Waals surface area (Å²) in [7, 11) is 0. The number of benzene rings is 3. The van der Waals surface area contributed by atoms with Gasteiger partial charge in [-0.1, -0.05) is 55.7 Å². The number of aromatic nitrogens is 2. The predicted octanol–water partition coefficient (Wildman–Crippen LogP) is 3.87. The number of ether oxygens (including phenoxy) is 1. The summed E-state index contributed by atoms with van der Waals surface area (Å²) in [4.78, 5) is 92.9. The average molecular weight is 1030 g/mol. The van der Waals surface area contributed by atoms with Crippen LogP contribution >= 0.6 is 0 Å². The molecule has 0 bridgehead atoms. The monoisotopic (exact) mass is 1030 g/mol. The van der Waals surface area contributed by atoms with Crippen LogP contribution in [0, 0.1) is 17.7 Å². The second kappa shape index (κ2) is 24.3. The summed E-state index contributed by atoms with van der Waals surface area (Å²) in [5.74, 6) is -0.353. The molecular formula is C57H73FN10O7. The minimum absolute atomic E-state index is 0.0202. The van der Waals surface area contributed by atoms with Crippen LogP contribution in [0.25, 0.3) is 10.8 Å². The Labute approximate surface area is 438 Å². The molecule has 1 aliphatic carbocycles. The number of H-pyrrole nitrogens is 1. The third kappa shape index (κ3) is 12.8. The van der Waals surface area contributed by atoms with Crippen LogP contribution in [0.15, 0.2) is 71.5 Å². The number of piperazine rings is 2. The minimum atomic E-state index is -0.606. The molecule has 17 nitrogen and oxygen atoms in total. The van der Waals surface area contributed by atoms with Crippen molar-refractivity contribution in [2.75, 3.05) is 111 Å². The highest BCUT2D eigenvalue weighted by Crippen LogP contribution is 2.31. The van der Waals surface area contributed by atoms with E-state index in [0.29, 0.717) is 112 Å². The van der Waals surface area contributed by atoms with Crippen molar-refractivity contribution in [2.45, 2.75) is 82.2 Å². The molecular weight excluding hydrogens is 956 g/mol. The summed E-state index contributed by atoms with van der Waals surface area (Å²) in [5, 5.41) is 14.5. The summed E-state index contributed by atoms with van der Waals surface area (Å²) < 4.78 is 20.4. The average Bonchev–Trinajstić information content (AvgIpc) is 3.44. The number of piperidine rings is 2. The van der Waals surface area contributed by atoms with E-state index in [1.54, 1.807) is 29.2 Å². The van der Waals surface area contributed by atoms with E-state index in [1.807, 2.05) is 45.0 Å². The van der Waals surface area contributed by atoms with E-state index in [9.17, 15) is 28.8 Å². The van der Waals surface area contributed by atoms with Crippen molar-refractivity contribution in [3.63, 3.8) is 0 Å². The Bertz CT molecular complexity index is 2740. The van der Waals surface area contributed by atoms with Gasteiger partial charge in [0.15, 0.2) is 0 Å². The summed E-state index contributed by atoms with van der Waals surface area (Å²) in [6, 6.07) is 19.1. The zero-order valence-corrected chi connectivity index (χ0v) is 43.2. The van der Waals surface area contributed by atoms with Gasteiger partial charge in [-0.05, 0) is 105 Å². The molecule has 6 aliphatic rings. The van der Waals surface area contributed by atoms with Crippen LogP contribution in [-0.4, -0.2) is 193 Å². The van der Waals surface area contributed by atoms with Crippen LogP contribution in [0.5, 0.6) is 0 Å². The van der Waals surface area contributed by atoms with Crippen molar-refractivity contribution in [1.82, 2.24) is 50.2 Å². The molecule has 0 radical (unpaired) electrons. The highest BCUT2D eigenvalue weighted by molar-refractivity contribution is 5.98. The number of nitrogens with zero attached hydrogens (tertiary/aromatic N) is 7. The summed E-state index contributed by atoms with van der Waals surface area (Å²) >= 11 is 0. The topological polar surface area (TPSA) is 184 Å². The number of fused-ring (bicyclic) bond motifs is 1. The molecule has 5 aliphatic heterocycles. The Hall–Kier alpha value is -6.08. The third-order valence-corrected chi connectivity index (χ3v) is 16.8. The quantitative estimate of drug-likeness (QED) is 0.157. The first-order valence-corrected chi connectivity index (χ1v) is 27.6. The Morgan fingerprint density at radius 3 is 2.19 bits per heavy atom. The van der Waals surface area contributed by atoms with Crippen molar-refractivity contribution >= 4 is 40.3 Å². The third-order valence-electron chi connectivity index (χ3n) is 16.8. The van der Waals surface area contributed by atoms with Gasteiger partial charge in [0.2, 0.25) is 17.7 Å². The number of likely N-dealkylation sites (tertiary alicyclic amines) is 2. The van der Waals surface area contributed by atoms with Gasteiger partial charge < -0.3 is 35.0 Å². The van der Waals surface area contributed by atoms with E-state index in [2.05, 4.69) is 36.7 Å². The first kappa shape index (κ1) is 52.4. The van der Waals surface area contributed by atoms with E-state index in [0.717, 1.165) is 103 Å². The Kier molecular flexibility index (Phi) is 17.0. The zero-order valence-electron chi connectivity index (χ0n) is 43.2. The van der Waals surface area contributed by atoms with Gasteiger partial charge in [-0.3, -0.25) is 38.6 Å². The van der Waals surface area contributed by atoms with Gasteiger partial charge in [0.25, 0.3) is 17.4 Å². The van der Waals surface area contributed by atoms with E-state index in [4.69, 9.17) is 4.74 Å². The Morgan fingerprint density at radius 2 is 1.44 bits per heavy atom. The maximum atomic E-state index is 15.1. The Balaban J connectivity index is 0.653. The first-order valence-electron chi connectivity index (χ1n) is 27.6. The number of carbonyl (C=O) groups excluding carboxylic acids is 5. The minimum Gasteiger partial charge on any atom is -0.378 e. The van der Waals surface area contributed by atoms with Gasteiger partial charge in [0, 0.05) is 95.3 Å². The number of rotatable bonds is 15. The highest BCUT2D eigenvalue weighted by Gasteiger charge is 2.37. The van der Waals surface area contributed by atoms with Crippen molar-refractivity contribution in [1.29, 1.82) is 0 Å². The van der Waals surface area contributed by atoms with Gasteiger partial charge in [-0.15, -0.1) is 0 Å². The first-order chi connectivity index (χ1) is 36.5.